The number of aryl methyl sites for hydroxylation is 1. The lowest BCUT2D eigenvalue weighted by molar-refractivity contribution is -0.125. The average Bonchev–Trinajstić information content (AvgIpc) is 3.22. The van der Waals surface area contributed by atoms with Gasteiger partial charge in [-0.05, 0) is 35.9 Å². The number of amides is 2. The van der Waals surface area contributed by atoms with Crippen molar-refractivity contribution >= 4 is 34.1 Å². The predicted molar refractivity (Wildman–Crippen MR) is 106 cm³/mol. The molecular weight excluding hydrogens is 397 g/mol. The maximum atomic E-state index is 13.0. The molecule has 0 saturated carbocycles. The van der Waals surface area contributed by atoms with Crippen LogP contribution in [-0.2, 0) is 18.4 Å². The van der Waals surface area contributed by atoms with Crippen molar-refractivity contribution in [2.45, 2.75) is 19.3 Å². The van der Waals surface area contributed by atoms with Crippen molar-refractivity contribution in [3.8, 4) is 0 Å². The zero-order valence-corrected chi connectivity index (χ0v) is 16.0. The smallest absolute Gasteiger partial charge is 0.287 e. The van der Waals surface area contributed by atoms with E-state index in [2.05, 4.69) is 5.32 Å². The molecule has 1 aliphatic heterocycles. The number of hydrogen-bond acceptors (Lipinski definition) is 3. The number of alkyl halides is 3. The Hall–Kier alpha value is -3.49. The second kappa shape index (κ2) is 7.74. The van der Waals surface area contributed by atoms with Crippen molar-refractivity contribution in [2.24, 2.45) is 7.05 Å². The summed E-state index contributed by atoms with van der Waals surface area (Å²) < 4.78 is 39.6. The molecule has 2 N–H and O–H groups in total. The van der Waals surface area contributed by atoms with Crippen LogP contribution >= 0.6 is 0 Å². The van der Waals surface area contributed by atoms with Gasteiger partial charge in [0.15, 0.2) is 0 Å². The molecule has 0 fully saturated rings. The SMILES string of the molecule is Cn1ccc2cc(Nc3cccc4c3C(=O)N(CC(=O)NC(F)C(F)F)C4)ccc21. The van der Waals surface area contributed by atoms with Gasteiger partial charge in [0.2, 0.25) is 12.2 Å². The first-order chi connectivity index (χ1) is 14.3. The molecule has 156 valence electrons. The second-order valence-electron chi connectivity index (χ2n) is 7.13. The van der Waals surface area contributed by atoms with Crippen LogP contribution < -0.4 is 10.6 Å². The van der Waals surface area contributed by atoms with E-state index in [0.29, 0.717) is 16.8 Å². The lowest BCUT2D eigenvalue weighted by Crippen LogP contribution is -2.43. The monoisotopic (exact) mass is 416 g/mol. The van der Waals surface area contributed by atoms with Gasteiger partial charge < -0.3 is 20.1 Å². The van der Waals surface area contributed by atoms with Crippen LogP contribution in [0.1, 0.15) is 15.9 Å². The number of fused-ring (bicyclic) bond motifs is 2. The standard InChI is InChI=1S/C21H19F3N4O2/c1-27-8-7-12-9-14(5-6-16(12)27)25-15-4-2-3-13-10-28(21(30)18(13)15)11-17(29)26-20(24)19(22)23/h2-9,19-20,25H,10-11H2,1H3,(H,26,29). The Morgan fingerprint density at radius 3 is 2.73 bits per heavy atom. The number of rotatable bonds is 6. The van der Waals surface area contributed by atoms with E-state index in [0.717, 1.165) is 16.6 Å². The number of hydrogen-bond donors (Lipinski definition) is 2. The third kappa shape index (κ3) is 3.70. The summed E-state index contributed by atoms with van der Waals surface area (Å²) in [5.41, 5.74) is 3.55. The highest BCUT2D eigenvalue weighted by Gasteiger charge is 2.32. The van der Waals surface area contributed by atoms with Gasteiger partial charge in [-0.15, -0.1) is 0 Å². The van der Waals surface area contributed by atoms with Crippen molar-refractivity contribution in [1.29, 1.82) is 0 Å². The van der Waals surface area contributed by atoms with E-state index in [1.165, 1.54) is 4.90 Å². The maximum absolute atomic E-state index is 13.0. The molecule has 0 radical (unpaired) electrons. The minimum Gasteiger partial charge on any atom is -0.355 e. The van der Waals surface area contributed by atoms with E-state index in [1.807, 2.05) is 42.1 Å². The Kier molecular flexibility index (Phi) is 5.11. The zero-order chi connectivity index (χ0) is 21.4. The minimum atomic E-state index is -3.32. The molecule has 2 aromatic carbocycles. The fourth-order valence-electron chi connectivity index (χ4n) is 3.60. The van der Waals surface area contributed by atoms with Gasteiger partial charge in [0.1, 0.15) is 6.54 Å². The Bertz CT molecular complexity index is 1130. The number of carbonyl (C=O) groups is 2. The summed E-state index contributed by atoms with van der Waals surface area (Å²) in [5, 5.41) is 5.84. The van der Waals surface area contributed by atoms with E-state index in [4.69, 9.17) is 0 Å². The molecule has 3 aromatic rings. The molecule has 9 heteroatoms. The Morgan fingerprint density at radius 2 is 1.97 bits per heavy atom. The van der Waals surface area contributed by atoms with Gasteiger partial charge in [0, 0.05) is 36.4 Å². The summed E-state index contributed by atoms with van der Waals surface area (Å²) in [4.78, 5) is 25.9. The highest BCUT2D eigenvalue weighted by atomic mass is 19.3. The second-order valence-corrected chi connectivity index (χ2v) is 7.13. The van der Waals surface area contributed by atoms with Crippen LogP contribution in [0.3, 0.4) is 0 Å². The molecule has 0 saturated heterocycles. The number of benzene rings is 2. The largest absolute Gasteiger partial charge is 0.355 e. The normalized spacial score (nSPS) is 14.3. The van der Waals surface area contributed by atoms with Gasteiger partial charge in [-0.1, -0.05) is 12.1 Å². The third-order valence-corrected chi connectivity index (χ3v) is 5.03. The zero-order valence-electron chi connectivity index (χ0n) is 16.0. The van der Waals surface area contributed by atoms with E-state index in [1.54, 1.807) is 23.5 Å². The molecule has 4 rings (SSSR count). The molecule has 30 heavy (non-hydrogen) atoms. The number of nitrogens with one attached hydrogen (secondary N) is 2. The molecule has 0 bridgehead atoms. The number of anilines is 2. The average molecular weight is 416 g/mol. The number of halogens is 3. The van der Waals surface area contributed by atoms with E-state index < -0.39 is 31.1 Å². The van der Waals surface area contributed by atoms with Crippen molar-refractivity contribution in [3.05, 3.63) is 59.8 Å². The third-order valence-electron chi connectivity index (χ3n) is 5.03. The molecule has 1 aromatic heterocycles. The van der Waals surface area contributed by atoms with Gasteiger partial charge in [0.25, 0.3) is 12.3 Å². The predicted octanol–water partition coefficient (Wildman–Crippen LogP) is 3.55. The Balaban J connectivity index is 1.52. The highest BCUT2D eigenvalue weighted by Crippen LogP contribution is 2.32. The molecule has 0 aliphatic carbocycles. The molecule has 6 nitrogen and oxygen atoms in total. The van der Waals surface area contributed by atoms with Gasteiger partial charge in [-0.2, -0.15) is 0 Å². The van der Waals surface area contributed by atoms with Crippen LogP contribution in [0.15, 0.2) is 48.7 Å². The van der Waals surface area contributed by atoms with Crippen molar-refractivity contribution in [2.75, 3.05) is 11.9 Å². The molecule has 1 atom stereocenters. The summed E-state index contributed by atoms with van der Waals surface area (Å²) in [5.74, 6) is -1.40. The van der Waals surface area contributed by atoms with Gasteiger partial charge in [-0.25, -0.2) is 13.2 Å². The number of carbonyl (C=O) groups excluding carboxylic acids is 2. The number of aromatic nitrogens is 1. The van der Waals surface area contributed by atoms with Gasteiger partial charge in [-0.3, -0.25) is 9.59 Å². The van der Waals surface area contributed by atoms with Crippen LogP contribution in [0.5, 0.6) is 0 Å². The van der Waals surface area contributed by atoms with Crippen molar-refractivity contribution < 1.29 is 22.8 Å². The summed E-state index contributed by atoms with van der Waals surface area (Å²) in [6, 6.07) is 13.1. The first kappa shape index (κ1) is 19.8. The van der Waals surface area contributed by atoms with Gasteiger partial charge >= 0.3 is 0 Å². The van der Waals surface area contributed by atoms with Crippen LogP contribution in [-0.4, -0.2) is 40.5 Å². The summed E-state index contributed by atoms with van der Waals surface area (Å²) in [6.45, 7) is -0.365. The summed E-state index contributed by atoms with van der Waals surface area (Å²) in [7, 11) is 1.95. The first-order valence-electron chi connectivity index (χ1n) is 9.28. The fourth-order valence-corrected chi connectivity index (χ4v) is 3.60. The van der Waals surface area contributed by atoms with Crippen LogP contribution in [0.2, 0.25) is 0 Å². The van der Waals surface area contributed by atoms with E-state index in [-0.39, 0.29) is 6.54 Å². The Morgan fingerprint density at radius 1 is 1.17 bits per heavy atom. The molecule has 2 amide bonds. The van der Waals surface area contributed by atoms with E-state index >= 15 is 0 Å². The van der Waals surface area contributed by atoms with Crippen LogP contribution in [0, 0.1) is 0 Å². The molecule has 1 unspecified atom stereocenters. The molecule has 1 aliphatic rings. The fraction of sp³-hybridized carbons (Fsp3) is 0.238. The van der Waals surface area contributed by atoms with E-state index in [9.17, 15) is 22.8 Å². The Labute approximate surface area is 170 Å². The van der Waals surface area contributed by atoms with Crippen LogP contribution in [0.4, 0.5) is 24.5 Å². The van der Waals surface area contributed by atoms with Crippen molar-refractivity contribution in [3.63, 3.8) is 0 Å². The molecule has 0 spiro atoms. The van der Waals surface area contributed by atoms with Crippen molar-refractivity contribution in [1.82, 2.24) is 14.8 Å². The first-order valence-corrected chi connectivity index (χ1v) is 9.28. The lowest BCUT2D eigenvalue weighted by Gasteiger charge is -2.17. The maximum Gasteiger partial charge on any atom is 0.287 e. The number of nitrogens with zero attached hydrogens (tertiary/aromatic N) is 2. The van der Waals surface area contributed by atoms with Gasteiger partial charge in [0.05, 0.1) is 11.3 Å². The quantitative estimate of drug-likeness (QED) is 0.604. The summed E-state index contributed by atoms with van der Waals surface area (Å²) in [6.07, 6.45) is -4.13. The lowest BCUT2D eigenvalue weighted by atomic mass is 10.1. The highest BCUT2D eigenvalue weighted by molar-refractivity contribution is 6.05. The topological polar surface area (TPSA) is 66.4 Å². The molecular formula is C21H19F3N4O2. The summed E-state index contributed by atoms with van der Waals surface area (Å²) >= 11 is 0. The van der Waals surface area contributed by atoms with Crippen LogP contribution in [0.25, 0.3) is 10.9 Å². The minimum absolute atomic E-state index is 0.139. The molecule has 2 heterocycles.